The first-order chi connectivity index (χ1) is 9.72. The molecule has 1 aromatic heterocycles. The van der Waals surface area contributed by atoms with Crippen LogP contribution in [0, 0.1) is 0 Å². The summed E-state index contributed by atoms with van der Waals surface area (Å²) < 4.78 is 5.99. The van der Waals surface area contributed by atoms with E-state index in [1.165, 1.54) is 4.88 Å². The van der Waals surface area contributed by atoms with E-state index in [9.17, 15) is 0 Å². The Morgan fingerprint density at radius 3 is 3.05 bits per heavy atom. The Labute approximate surface area is 125 Å². The lowest BCUT2D eigenvalue weighted by Gasteiger charge is -2.37. The lowest BCUT2D eigenvalue weighted by atomic mass is 10.1. The molecule has 0 aromatic carbocycles. The average Bonchev–Trinajstić information content (AvgIpc) is 3.05. The molecule has 3 rings (SSSR count). The first-order valence-electron chi connectivity index (χ1n) is 7.47. The maximum absolute atomic E-state index is 5.99. The van der Waals surface area contributed by atoms with Crippen molar-refractivity contribution < 1.29 is 4.74 Å². The van der Waals surface area contributed by atoms with Crippen molar-refractivity contribution in [2.45, 2.75) is 18.7 Å². The second-order valence-corrected chi connectivity index (χ2v) is 7.12. The van der Waals surface area contributed by atoms with Gasteiger partial charge in [-0.3, -0.25) is 9.80 Å². The van der Waals surface area contributed by atoms with E-state index in [1.54, 1.807) is 0 Å². The van der Waals surface area contributed by atoms with Crippen LogP contribution in [0.4, 0.5) is 0 Å². The summed E-state index contributed by atoms with van der Waals surface area (Å²) in [7, 11) is 4.30. The Hall–Kier alpha value is -0.460. The van der Waals surface area contributed by atoms with Gasteiger partial charge in [0.15, 0.2) is 0 Å². The summed E-state index contributed by atoms with van der Waals surface area (Å²) in [5.41, 5.74) is 0. The van der Waals surface area contributed by atoms with E-state index in [4.69, 9.17) is 4.74 Å². The Morgan fingerprint density at radius 1 is 1.40 bits per heavy atom. The van der Waals surface area contributed by atoms with Crippen LogP contribution in [0.2, 0.25) is 0 Å². The van der Waals surface area contributed by atoms with Crippen LogP contribution in [-0.2, 0) is 11.3 Å². The zero-order valence-corrected chi connectivity index (χ0v) is 13.3. The molecule has 0 bridgehead atoms. The summed E-state index contributed by atoms with van der Waals surface area (Å²) in [5.74, 6) is 0. The minimum Gasteiger partial charge on any atom is -0.374 e. The van der Waals surface area contributed by atoms with E-state index in [0.29, 0.717) is 12.1 Å². The van der Waals surface area contributed by atoms with Crippen molar-refractivity contribution in [3.8, 4) is 0 Å². The number of hydrogen-bond acceptors (Lipinski definition) is 5. The highest BCUT2D eigenvalue weighted by Gasteiger charge is 2.39. The number of likely N-dealkylation sites (tertiary alicyclic amines) is 1. The first kappa shape index (κ1) is 14.5. The van der Waals surface area contributed by atoms with E-state index < -0.39 is 0 Å². The quantitative estimate of drug-likeness (QED) is 0.812. The molecule has 2 aliphatic rings. The number of morpholine rings is 1. The molecule has 0 aliphatic carbocycles. The fourth-order valence-electron chi connectivity index (χ4n) is 3.19. The van der Waals surface area contributed by atoms with Crippen LogP contribution in [0.15, 0.2) is 17.5 Å². The van der Waals surface area contributed by atoms with Gasteiger partial charge in [0.2, 0.25) is 0 Å². The van der Waals surface area contributed by atoms with Gasteiger partial charge in [-0.25, -0.2) is 0 Å². The maximum atomic E-state index is 5.99. The smallest absolute Gasteiger partial charge is 0.0870 e. The monoisotopic (exact) mass is 295 g/mol. The molecule has 2 saturated heterocycles. The minimum absolute atomic E-state index is 0.408. The van der Waals surface area contributed by atoms with Gasteiger partial charge in [0.25, 0.3) is 0 Å². The molecule has 1 aromatic rings. The van der Waals surface area contributed by atoms with Gasteiger partial charge in [-0.1, -0.05) is 6.07 Å². The fourth-order valence-corrected chi connectivity index (χ4v) is 3.94. The highest BCUT2D eigenvalue weighted by Crippen LogP contribution is 2.25. The number of likely N-dealkylation sites (N-methyl/N-ethyl adjacent to an activating group) is 1. The van der Waals surface area contributed by atoms with Crippen LogP contribution < -0.4 is 0 Å². The van der Waals surface area contributed by atoms with Crippen molar-refractivity contribution in [2.75, 3.05) is 53.4 Å². The van der Waals surface area contributed by atoms with Crippen molar-refractivity contribution in [3.63, 3.8) is 0 Å². The van der Waals surface area contributed by atoms with Gasteiger partial charge in [0.05, 0.1) is 12.7 Å². The molecule has 2 atom stereocenters. The van der Waals surface area contributed by atoms with Crippen LogP contribution in [0.1, 0.15) is 4.88 Å². The lowest BCUT2D eigenvalue weighted by molar-refractivity contribution is -0.0483. The topological polar surface area (TPSA) is 19.0 Å². The second-order valence-electron chi connectivity index (χ2n) is 6.09. The predicted octanol–water partition coefficient (Wildman–Crippen LogP) is 1.19. The standard InChI is InChI=1S/C15H25N3OS/c1-16(2)5-6-18-7-8-19-15-12-17(11-14(15)18)10-13-4-3-9-20-13/h3-4,9,14-15H,5-8,10-12H2,1-2H3/t14-,15+/m1/s1. The van der Waals surface area contributed by atoms with Crippen molar-refractivity contribution >= 4 is 11.3 Å². The molecule has 5 heteroatoms. The molecule has 0 unspecified atom stereocenters. The van der Waals surface area contributed by atoms with Crippen LogP contribution in [0.3, 0.4) is 0 Å². The highest BCUT2D eigenvalue weighted by atomic mass is 32.1. The summed E-state index contributed by atoms with van der Waals surface area (Å²) in [4.78, 5) is 8.91. The molecular weight excluding hydrogens is 270 g/mol. The molecular formula is C15H25N3OS. The van der Waals surface area contributed by atoms with Gasteiger partial charge in [-0.05, 0) is 25.5 Å². The zero-order valence-electron chi connectivity index (χ0n) is 12.5. The Kier molecular flexibility index (Phi) is 4.73. The number of thiophene rings is 1. The van der Waals surface area contributed by atoms with Crippen LogP contribution in [-0.4, -0.2) is 80.3 Å². The number of hydrogen-bond donors (Lipinski definition) is 0. The normalized spacial score (nSPS) is 28.1. The third kappa shape index (κ3) is 3.40. The maximum Gasteiger partial charge on any atom is 0.0870 e. The van der Waals surface area contributed by atoms with Gasteiger partial charge in [0.1, 0.15) is 0 Å². The van der Waals surface area contributed by atoms with E-state index in [1.807, 2.05) is 11.3 Å². The third-order valence-corrected chi connectivity index (χ3v) is 5.15. The van der Waals surface area contributed by atoms with Gasteiger partial charge < -0.3 is 9.64 Å². The zero-order chi connectivity index (χ0) is 13.9. The Morgan fingerprint density at radius 2 is 2.30 bits per heavy atom. The second kappa shape index (κ2) is 6.54. The average molecular weight is 295 g/mol. The molecule has 2 aliphatic heterocycles. The van der Waals surface area contributed by atoms with Crippen molar-refractivity contribution in [2.24, 2.45) is 0 Å². The lowest BCUT2D eigenvalue weighted by Crippen LogP contribution is -2.52. The van der Waals surface area contributed by atoms with Gasteiger partial charge in [-0.15, -0.1) is 11.3 Å². The van der Waals surface area contributed by atoms with E-state index in [0.717, 1.165) is 45.9 Å². The van der Waals surface area contributed by atoms with E-state index >= 15 is 0 Å². The van der Waals surface area contributed by atoms with Crippen LogP contribution in [0.5, 0.6) is 0 Å². The molecule has 0 radical (unpaired) electrons. The molecule has 4 nitrogen and oxygen atoms in total. The highest BCUT2D eigenvalue weighted by molar-refractivity contribution is 7.09. The summed E-state index contributed by atoms with van der Waals surface area (Å²) in [6.45, 7) is 7.58. The Bertz CT molecular complexity index is 409. The summed E-state index contributed by atoms with van der Waals surface area (Å²) in [6, 6.07) is 4.96. The molecule has 0 spiro atoms. The number of fused-ring (bicyclic) bond motifs is 1. The fraction of sp³-hybridized carbons (Fsp3) is 0.733. The van der Waals surface area contributed by atoms with Crippen molar-refractivity contribution in [3.05, 3.63) is 22.4 Å². The van der Waals surface area contributed by atoms with E-state index in [-0.39, 0.29) is 0 Å². The summed E-state index contributed by atoms with van der Waals surface area (Å²) in [5, 5.41) is 2.17. The number of rotatable bonds is 5. The number of ether oxygens (including phenoxy) is 1. The number of nitrogens with zero attached hydrogens (tertiary/aromatic N) is 3. The van der Waals surface area contributed by atoms with E-state index in [2.05, 4.69) is 46.3 Å². The molecule has 20 heavy (non-hydrogen) atoms. The molecule has 3 heterocycles. The Balaban J connectivity index is 1.57. The van der Waals surface area contributed by atoms with Gasteiger partial charge in [0, 0.05) is 50.2 Å². The predicted molar refractivity (Wildman–Crippen MR) is 83.3 cm³/mol. The molecule has 112 valence electrons. The van der Waals surface area contributed by atoms with Gasteiger partial charge >= 0.3 is 0 Å². The SMILES string of the molecule is CN(C)CCN1CCO[C@H]2CN(Cc3cccs3)C[C@H]21. The molecule has 0 amide bonds. The summed E-state index contributed by atoms with van der Waals surface area (Å²) in [6.07, 6.45) is 0.408. The minimum atomic E-state index is 0.408. The van der Waals surface area contributed by atoms with Crippen molar-refractivity contribution in [1.29, 1.82) is 0 Å². The molecule has 0 N–H and O–H groups in total. The van der Waals surface area contributed by atoms with Crippen LogP contribution in [0.25, 0.3) is 0 Å². The molecule has 0 saturated carbocycles. The van der Waals surface area contributed by atoms with Crippen molar-refractivity contribution in [1.82, 2.24) is 14.7 Å². The van der Waals surface area contributed by atoms with Gasteiger partial charge in [-0.2, -0.15) is 0 Å². The molecule has 2 fully saturated rings. The van der Waals surface area contributed by atoms with Crippen LogP contribution >= 0.6 is 11.3 Å². The third-order valence-electron chi connectivity index (χ3n) is 4.29. The first-order valence-corrected chi connectivity index (χ1v) is 8.35. The largest absolute Gasteiger partial charge is 0.374 e. The summed E-state index contributed by atoms with van der Waals surface area (Å²) >= 11 is 1.86.